The fraction of sp³-hybridized carbons (Fsp3) is 0.526. The van der Waals surface area contributed by atoms with Gasteiger partial charge in [-0.25, -0.2) is 4.79 Å². The second-order valence-corrected chi connectivity index (χ2v) is 6.25. The third-order valence-electron chi connectivity index (χ3n) is 4.24. The summed E-state index contributed by atoms with van der Waals surface area (Å²) >= 11 is 0. The first-order chi connectivity index (χ1) is 12.1. The van der Waals surface area contributed by atoms with Crippen molar-refractivity contribution in [1.29, 1.82) is 0 Å². The van der Waals surface area contributed by atoms with Gasteiger partial charge < -0.3 is 15.4 Å². The van der Waals surface area contributed by atoms with Gasteiger partial charge in [0.2, 0.25) is 11.8 Å². The first-order valence-electron chi connectivity index (χ1n) is 8.95. The van der Waals surface area contributed by atoms with Gasteiger partial charge in [-0.15, -0.1) is 0 Å². The summed E-state index contributed by atoms with van der Waals surface area (Å²) in [6.07, 6.45) is 6.33. The number of ether oxygens (including phenoxy) is 1. The molecule has 6 heteroatoms. The van der Waals surface area contributed by atoms with E-state index in [0.29, 0.717) is 5.69 Å². The topological polar surface area (TPSA) is 84.5 Å². The number of carbonyl (C=O) groups excluding carboxylic acids is 3. The molecule has 0 aliphatic heterocycles. The molecule has 1 fully saturated rings. The average Bonchev–Trinajstić information content (AvgIpc) is 2.84. The fourth-order valence-corrected chi connectivity index (χ4v) is 3.02. The van der Waals surface area contributed by atoms with E-state index in [2.05, 4.69) is 10.6 Å². The van der Waals surface area contributed by atoms with Crippen LogP contribution in [0.3, 0.4) is 0 Å². The Morgan fingerprint density at radius 3 is 2.40 bits per heavy atom. The van der Waals surface area contributed by atoms with Crippen LogP contribution in [-0.2, 0) is 14.3 Å². The molecule has 2 amide bonds. The average molecular weight is 346 g/mol. The van der Waals surface area contributed by atoms with Gasteiger partial charge in [-0.05, 0) is 31.9 Å². The minimum atomic E-state index is -0.499. The maximum absolute atomic E-state index is 12.1. The SMILES string of the molecule is CCOC(=O)c1ccccc1NC(=O)CC(=O)NC1CCCCCC1. The van der Waals surface area contributed by atoms with Gasteiger partial charge in [0.25, 0.3) is 0 Å². The Morgan fingerprint density at radius 2 is 1.72 bits per heavy atom. The highest BCUT2D eigenvalue weighted by Crippen LogP contribution is 2.18. The largest absolute Gasteiger partial charge is 0.462 e. The molecule has 1 saturated carbocycles. The Labute approximate surface area is 148 Å². The van der Waals surface area contributed by atoms with E-state index in [1.807, 2.05) is 0 Å². The normalized spacial score (nSPS) is 15.1. The highest BCUT2D eigenvalue weighted by Gasteiger charge is 2.18. The number of esters is 1. The molecule has 1 aromatic carbocycles. The summed E-state index contributed by atoms with van der Waals surface area (Å²) in [5.41, 5.74) is 0.634. The van der Waals surface area contributed by atoms with Crippen molar-refractivity contribution >= 4 is 23.5 Å². The molecule has 2 N–H and O–H groups in total. The van der Waals surface area contributed by atoms with Crippen molar-refractivity contribution in [3.8, 4) is 0 Å². The Morgan fingerprint density at radius 1 is 1.04 bits per heavy atom. The number of anilines is 1. The molecule has 0 aromatic heterocycles. The summed E-state index contributed by atoms with van der Waals surface area (Å²) < 4.78 is 4.97. The maximum atomic E-state index is 12.1. The van der Waals surface area contributed by atoms with Crippen molar-refractivity contribution in [2.45, 2.75) is 57.9 Å². The van der Waals surface area contributed by atoms with Crippen LogP contribution in [0.4, 0.5) is 5.69 Å². The van der Waals surface area contributed by atoms with Gasteiger partial charge in [0.1, 0.15) is 6.42 Å². The van der Waals surface area contributed by atoms with Crippen molar-refractivity contribution in [3.05, 3.63) is 29.8 Å². The van der Waals surface area contributed by atoms with E-state index in [9.17, 15) is 14.4 Å². The summed E-state index contributed by atoms with van der Waals surface area (Å²) in [7, 11) is 0. The molecular formula is C19H26N2O4. The molecule has 2 rings (SSSR count). The summed E-state index contributed by atoms with van der Waals surface area (Å²) in [4.78, 5) is 36.1. The summed E-state index contributed by atoms with van der Waals surface area (Å²) in [6, 6.07) is 6.77. The molecule has 0 unspecified atom stereocenters. The number of hydrogen-bond donors (Lipinski definition) is 2. The van der Waals surface area contributed by atoms with Gasteiger partial charge >= 0.3 is 5.97 Å². The van der Waals surface area contributed by atoms with Gasteiger partial charge in [-0.1, -0.05) is 37.8 Å². The van der Waals surface area contributed by atoms with Crippen LogP contribution < -0.4 is 10.6 Å². The highest BCUT2D eigenvalue weighted by atomic mass is 16.5. The summed E-state index contributed by atoms with van der Waals surface area (Å²) in [5.74, 6) is -1.22. The Balaban J connectivity index is 1.89. The number of benzene rings is 1. The third kappa shape index (κ3) is 6.21. The molecule has 1 aromatic rings. The molecule has 6 nitrogen and oxygen atoms in total. The zero-order valence-corrected chi connectivity index (χ0v) is 14.7. The Kier molecular flexibility index (Phi) is 7.44. The summed E-state index contributed by atoms with van der Waals surface area (Å²) in [6.45, 7) is 1.97. The lowest BCUT2D eigenvalue weighted by atomic mass is 10.1. The Hall–Kier alpha value is -2.37. The predicted octanol–water partition coefficient (Wildman–Crippen LogP) is 3.03. The Bertz CT molecular complexity index is 607. The molecule has 1 aliphatic rings. The van der Waals surface area contributed by atoms with Crippen LogP contribution in [0.15, 0.2) is 24.3 Å². The van der Waals surface area contributed by atoms with E-state index in [-0.39, 0.29) is 30.5 Å². The van der Waals surface area contributed by atoms with Crippen LogP contribution in [0, 0.1) is 0 Å². The second-order valence-electron chi connectivity index (χ2n) is 6.25. The van der Waals surface area contributed by atoms with Gasteiger partial charge in [0.05, 0.1) is 17.9 Å². The standard InChI is InChI=1S/C19H26N2O4/c1-2-25-19(24)15-11-7-8-12-16(15)21-18(23)13-17(22)20-14-9-5-3-4-6-10-14/h7-8,11-12,14H,2-6,9-10,13H2,1H3,(H,20,22)(H,21,23). The van der Waals surface area contributed by atoms with Crippen LogP contribution in [0.2, 0.25) is 0 Å². The van der Waals surface area contributed by atoms with E-state index < -0.39 is 11.9 Å². The van der Waals surface area contributed by atoms with Gasteiger partial charge in [0.15, 0.2) is 0 Å². The van der Waals surface area contributed by atoms with Crippen LogP contribution in [0.5, 0.6) is 0 Å². The fourth-order valence-electron chi connectivity index (χ4n) is 3.02. The van der Waals surface area contributed by atoms with Crippen LogP contribution in [0.25, 0.3) is 0 Å². The van der Waals surface area contributed by atoms with Gasteiger partial charge in [0, 0.05) is 6.04 Å². The van der Waals surface area contributed by atoms with Gasteiger partial charge in [-0.2, -0.15) is 0 Å². The van der Waals surface area contributed by atoms with Crippen molar-refractivity contribution in [2.75, 3.05) is 11.9 Å². The molecule has 0 spiro atoms. The first kappa shape index (κ1) is 19.0. The highest BCUT2D eigenvalue weighted by molar-refractivity contribution is 6.06. The van der Waals surface area contributed by atoms with E-state index in [4.69, 9.17) is 4.74 Å². The molecule has 0 heterocycles. The molecule has 0 radical (unpaired) electrons. The molecule has 1 aliphatic carbocycles. The van der Waals surface area contributed by atoms with Crippen LogP contribution in [0.1, 0.15) is 62.2 Å². The van der Waals surface area contributed by atoms with E-state index in [1.54, 1.807) is 31.2 Å². The minimum Gasteiger partial charge on any atom is -0.462 e. The first-order valence-corrected chi connectivity index (χ1v) is 8.95. The molecule has 0 atom stereocenters. The minimum absolute atomic E-state index is 0.162. The van der Waals surface area contributed by atoms with Crippen molar-refractivity contribution in [1.82, 2.24) is 5.32 Å². The lowest BCUT2D eigenvalue weighted by molar-refractivity contribution is -0.127. The van der Waals surface area contributed by atoms with Crippen molar-refractivity contribution < 1.29 is 19.1 Å². The van der Waals surface area contributed by atoms with Crippen LogP contribution in [-0.4, -0.2) is 30.4 Å². The summed E-state index contributed by atoms with van der Waals surface area (Å²) in [5, 5.41) is 5.57. The molecule has 0 saturated heterocycles. The van der Waals surface area contributed by atoms with Gasteiger partial charge in [-0.3, -0.25) is 9.59 Å². The monoisotopic (exact) mass is 346 g/mol. The predicted molar refractivity (Wildman–Crippen MR) is 95.3 cm³/mol. The number of hydrogen-bond acceptors (Lipinski definition) is 4. The van der Waals surface area contributed by atoms with E-state index in [1.165, 1.54) is 12.8 Å². The van der Waals surface area contributed by atoms with Crippen LogP contribution >= 0.6 is 0 Å². The lowest BCUT2D eigenvalue weighted by Gasteiger charge is -2.16. The number of nitrogens with one attached hydrogen (secondary N) is 2. The maximum Gasteiger partial charge on any atom is 0.340 e. The van der Waals surface area contributed by atoms with E-state index >= 15 is 0 Å². The lowest BCUT2D eigenvalue weighted by Crippen LogP contribution is -2.36. The zero-order chi connectivity index (χ0) is 18.1. The molecule has 25 heavy (non-hydrogen) atoms. The number of amides is 2. The quantitative estimate of drug-likeness (QED) is 0.471. The van der Waals surface area contributed by atoms with Crippen molar-refractivity contribution in [3.63, 3.8) is 0 Å². The molecular weight excluding hydrogens is 320 g/mol. The molecule has 136 valence electrons. The number of para-hydroxylation sites is 1. The molecule has 0 bridgehead atoms. The number of carbonyl (C=O) groups is 3. The van der Waals surface area contributed by atoms with Crippen molar-refractivity contribution in [2.24, 2.45) is 0 Å². The smallest absolute Gasteiger partial charge is 0.340 e. The van der Waals surface area contributed by atoms with E-state index in [0.717, 1.165) is 25.7 Å². The third-order valence-corrected chi connectivity index (χ3v) is 4.24. The zero-order valence-electron chi connectivity index (χ0n) is 14.7. The second kappa shape index (κ2) is 9.81. The number of rotatable bonds is 6.